The summed E-state index contributed by atoms with van der Waals surface area (Å²) >= 11 is 0. The van der Waals surface area contributed by atoms with Gasteiger partial charge in [-0.3, -0.25) is 19.3 Å². The van der Waals surface area contributed by atoms with Crippen molar-refractivity contribution < 1.29 is 24.0 Å². The predicted octanol–water partition coefficient (Wildman–Crippen LogP) is 2.32. The highest BCUT2D eigenvalue weighted by Crippen LogP contribution is 2.36. The molecule has 0 radical (unpaired) electrons. The van der Waals surface area contributed by atoms with Gasteiger partial charge in [-0.05, 0) is 23.3 Å². The molecular formula is C21H16N2O5. The van der Waals surface area contributed by atoms with E-state index in [9.17, 15) is 19.2 Å². The molecule has 2 aromatic carbocycles. The van der Waals surface area contributed by atoms with E-state index in [1.54, 1.807) is 30.3 Å². The molecule has 2 aliphatic heterocycles. The topological polar surface area (TPSA) is 84.0 Å². The molecule has 2 heterocycles. The van der Waals surface area contributed by atoms with Crippen molar-refractivity contribution in [3.63, 3.8) is 0 Å². The minimum Gasteiger partial charge on any atom is -0.328 e. The second-order valence-electron chi connectivity index (χ2n) is 6.48. The van der Waals surface area contributed by atoms with Crippen molar-refractivity contribution in [3.05, 3.63) is 71.8 Å². The van der Waals surface area contributed by atoms with Gasteiger partial charge in [0.1, 0.15) is 6.54 Å². The Bertz CT molecular complexity index is 1030. The van der Waals surface area contributed by atoms with Crippen LogP contribution in [0.25, 0.3) is 5.57 Å². The molecule has 0 atom stereocenters. The van der Waals surface area contributed by atoms with E-state index in [4.69, 9.17) is 4.84 Å². The van der Waals surface area contributed by atoms with Crippen molar-refractivity contribution in [2.24, 2.45) is 0 Å². The minimum atomic E-state index is -0.878. The van der Waals surface area contributed by atoms with E-state index in [1.807, 2.05) is 18.2 Å². The Morgan fingerprint density at radius 1 is 0.893 bits per heavy atom. The molecule has 28 heavy (non-hydrogen) atoms. The van der Waals surface area contributed by atoms with Crippen molar-refractivity contribution in [1.29, 1.82) is 0 Å². The molecule has 7 nitrogen and oxygen atoms in total. The molecule has 0 saturated carbocycles. The predicted molar refractivity (Wildman–Crippen MR) is 99.9 cm³/mol. The van der Waals surface area contributed by atoms with E-state index < -0.39 is 30.2 Å². The van der Waals surface area contributed by atoms with Crippen molar-refractivity contribution in [2.75, 3.05) is 11.4 Å². The molecule has 1 saturated heterocycles. The van der Waals surface area contributed by atoms with Crippen LogP contribution < -0.4 is 4.90 Å². The fraction of sp³-hybridized carbons (Fsp3) is 0.143. The number of hydroxylamine groups is 2. The molecule has 3 amide bonds. The SMILES string of the molecule is C=C1c2ccccc2C(=O)N(CC(=O)ON2C(=O)CCC2=O)c2ccccc21. The number of para-hydroxylation sites is 1. The molecule has 140 valence electrons. The standard InChI is InChI=1S/C21H16N2O5/c1-13-14-6-2-3-8-16(14)21(27)22(17-9-5-4-7-15(13)17)12-20(26)28-23-18(24)10-11-19(23)25/h2-9H,1,10-12H2. The molecule has 0 aliphatic carbocycles. The van der Waals surface area contributed by atoms with E-state index in [-0.39, 0.29) is 12.8 Å². The number of carbonyl (C=O) groups excluding carboxylic acids is 4. The van der Waals surface area contributed by atoms with Gasteiger partial charge in [0, 0.05) is 24.0 Å². The molecule has 2 aromatic rings. The molecule has 7 heteroatoms. The number of imide groups is 1. The zero-order chi connectivity index (χ0) is 19.8. The Labute approximate surface area is 160 Å². The molecule has 0 unspecified atom stereocenters. The van der Waals surface area contributed by atoms with Crippen LogP contribution in [-0.4, -0.2) is 35.3 Å². The lowest BCUT2D eigenvalue weighted by Gasteiger charge is -2.23. The number of nitrogens with zero attached hydrogens (tertiary/aromatic N) is 2. The maximum Gasteiger partial charge on any atom is 0.352 e. The maximum absolute atomic E-state index is 13.2. The third-order valence-electron chi connectivity index (χ3n) is 4.73. The first-order chi connectivity index (χ1) is 13.5. The van der Waals surface area contributed by atoms with Gasteiger partial charge < -0.3 is 4.84 Å². The normalized spacial score (nSPS) is 16.0. The molecule has 2 aliphatic rings. The van der Waals surface area contributed by atoms with Crippen LogP contribution in [0.4, 0.5) is 5.69 Å². The highest BCUT2D eigenvalue weighted by Gasteiger charge is 2.35. The van der Waals surface area contributed by atoms with Gasteiger partial charge in [-0.25, -0.2) is 4.79 Å². The van der Waals surface area contributed by atoms with Crippen molar-refractivity contribution in [1.82, 2.24) is 5.06 Å². The Kier molecular flexibility index (Phi) is 4.27. The second kappa shape index (κ2) is 6.77. The lowest BCUT2D eigenvalue weighted by molar-refractivity contribution is -0.196. The van der Waals surface area contributed by atoms with Crippen molar-refractivity contribution >= 4 is 35.0 Å². The lowest BCUT2D eigenvalue weighted by atomic mass is 9.96. The number of hydrogen-bond acceptors (Lipinski definition) is 5. The number of rotatable bonds is 3. The average molecular weight is 376 g/mol. The summed E-state index contributed by atoms with van der Waals surface area (Å²) in [6, 6.07) is 14.1. The van der Waals surface area contributed by atoms with Gasteiger partial charge in [0.25, 0.3) is 17.7 Å². The van der Waals surface area contributed by atoms with Gasteiger partial charge in [0.2, 0.25) is 0 Å². The smallest absolute Gasteiger partial charge is 0.328 e. The Morgan fingerprint density at radius 2 is 1.46 bits per heavy atom. The zero-order valence-electron chi connectivity index (χ0n) is 14.9. The number of carbonyl (C=O) groups is 4. The molecule has 4 rings (SSSR count). The molecular weight excluding hydrogens is 360 g/mol. The Hall–Kier alpha value is -3.74. The summed E-state index contributed by atoms with van der Waals surface area (Å²) in [6.07, 6.45) is 0.00951. The largest absolute Gasteiger partial charge is 0.352 e. The highest BCUT2D eigenvalue weighted by molar-refractivity contribution is 6.15. The first-order valence-corrected chi connectivity index (χ1v) is 8.73. The van der Waals surface area contributed by atoms with Crippen LogP contribution in [0.15, 0.2) is 55.1 Å². The third kappa shape index (κ3) is 2.87. The number of amides is 3. The van der Waals surface area contributed by atoms with Gasteiger partial charge in [-0.2, -0.15) is 0 Å². The summed E-state index contributed by atoms with van der Waals surface area (Å²) in [5, 5.41) is 0.476. The van der Waals surface area contributed by atoms with Crippen LogP contribution in [0.3, 0.4) is 0 Å². The van der Waals surface area contributed by atoms with E-state index in [0.717, 1.165) is 0 Å². The molecule has 0 N–H and O–H groups in total. The average Bonchev–Trinajstić information content (AvgIpc) is 2.99. The van der Waals surface area contributed by atoms with Crippen LogP contribution in [0.2, 0.25) is 0 Å². The molecule has 0 aromatic heterocycles. The van der Waals surface area contributed by atoms with Gasteiger partial charge in [0.05, 0.1) is 5.69 Å². The monoisotopic (exact) mass is 376 g/mol. The van der Waals surface area contributed by atoms with Crippen molar-refractivity contribution in [3.8, 4) is 0 Å². The first kappa shape index (κ1) is 17.7. The quantitative estimate of drug-likeness (QED) is 0.768. The van der Waals surface area contributed by atoms with Gasteiger partial charge >= 0.3 is 5.97 Å². The van der Waals surface area contributed by atoms with Gasteiger partial charge in [-0.15, -0.1) is 5.06 Å². The summed E-state index contributed by atoms with van der Waals surface area (Å²) in [5.41, 5.74) is 2.97. The van der Waals surface area contributed by atoms with Crippen molar-refractivity contribution in [2.45, 2.75) is 12.8 Å². The van der Waals surface area contributed by atoms with Crippen LogP contribution in [0, 0.1) is 0 Å². The minimum absolute atomic E-state index is 0.00475. The zero-order valence-corrected chi connectivity index (χ0v) is 14.9. The van der Waals surface area contributed by atoms with Crippen LogP contribution in [-0.2, 0) is 19.2 Å². The van der Waals surface area contributed by atoms with E-state index in [2.05, 4.69) is 6.58 Å². The number of fused-ring (bicyclic) bond motifs is 2. The van der Waals surface area contributed by atoms with E-state index in [1.165, 1.54) is 4.90 Å². The summed E-state index contributed by atoms with van der Waals surface area (Å²) in [6.45, 7) is 3.67. The summed E-state index contributed by atoms with van der Waals surface area (Å²) < 4.78 is 0. The van der Waals surface area contributed by atoms with Gasteiger partial charge in [-0.1, -0.05) is 43.0 Å². The summed E-state index contributed by atoms with van der Waals surface area (Å²) in [4.78, 5) is 55.2. The third-order valence-corrected chi connectivity index (χ3v) is 4.73. The fourth-order valence-corrected chi connectivity index (χ4v) is 3.37. The first-order valence-electron chi connectivity index (χ1n) is 8.73. The van der Waals surface area contributed by atoms with Gasteiger partial charge in [0.15, 0.2) is 0 Å². The number of hydrogen-bond donors (Lipinski definition) is 0. The Balaban J connectivity index is 1.69. The maximum atomic E-state index is 13.2. The summed E-state index contributed by atoms with van der Waals surface area (Å²) in [5.74, 6) is -2.41. The lowest BCUT2D eigenvalue weighted by Crippen LogP contribution is -2.40. The van der Waals surface area contributed by atoms with Crippen LogP contribution >= 0.6 is 0 Å². The Morgan fingerprint density at radius 3 is 2.14 bits per heavy atom. The molecule has 1 fully saturated rings. The van der Waals surface area contributed by atoms with E-state index in [0.29, 0.717) is 33.0 Å². The van der Waals surface area contributed by atoms with E-state index >= 15 is 0 Å². The summed E-state index contributed by atoms with van der Waals surface area (Å²) in [7, 11) is 0. The van der Waals surface area contributed by atoms with Crippen LogP contribution in [0.1, 0.15) is 34.3 Å². The fourth-order valence-electron chi connectivity index (χ4n) is 3.37. The second-order valence-corrected chi connectivity index (χ2v) is 6.48. The van der Waals surface area contributed by atoms with Crippen LogP contribution in [0.5, 0.6) is 0 Å². The highest BCUT2D eigenvalue weighted by atomic mass is 16.7. The molecule has 0 bridgehead atoms. The number of anilines is 1. The number of benzene rings is 2. The molecule has 0 spiro atoms.